The highest BCUT2D eigenvalue weighted by Crippen LogP contribution is 2.29. The van der Waals surface area contributed by atoms with Crippen LogP contribution in [0.3, 0.4) is 0 Å². The number of urea groups is 1. The van der Waals surface area contributed by atoms with Crippen LogP contribution < -0.4 is 0 Å². The Morgan fingerprint density at radius 2 is 1.93 bits per heavy atom. The number of amides is 3. The molecule has 0 aromatic rings. The first-order chi connectivity index (χ1) is 6.57. The molecule has 1 heterocycles. The summed E-state index contributed by atoms with van der Waals surface area (Å²) >= 11 is 5.17. The summed E-state index contributed by atoms with van der Waals surface area (Å²) in [6, 6.07) is -0.900. The number of hydrogen-bond donors (Lipinski definition) is 0. The van der Waals surface area contributed by atoms with E-state index < -0.39 is 27.0 Å². The van der Waals surface area contributed by atoms with Gasteiger partial charge in [0.2, 0.25) is 10.0 Å². The van der Waals surface area contributed by atoms with Crippen molar-refractivity contribution in [1.82, 2.24) is 9.21 Å². The topological polar surface area (TPSA) is 74.8 Å². The largest absolute Gasteiger partial charge is 0.341 e. The molecule has 1 saturated heterocycles. The number of carbonyl (C=O) groups excluding carboxylic acids is 2. The van der Waals surface area contributed by atoms with Crippen molar-refractivity contribution in [1.29, 1.82) is 0 Å². The number of nitrogens with zero attached hydrogens (tertiary/aromatic N) is 2. The van der Waals surface area contributed by atoms with Crippen LogP contribution in [-0.2, 0) is 10.0 Å². The normalized spacial score (nSPS) is 20.9. The van der Waals surface area contributed by atoms with Gasteiger partial charge in [-0.3, -0.25) is 4.79 Å². The highest BCUT2D eigenvalue weighted by molar-refractivity contribution is 7.89. The van der Waals surface area contributed by atoms with E-state index in [0.717, 1.165) is 6.26 Å². The first kappa shape index (κ1) is 12.3. The Bertz CT molecular complexity index is 417. The summed E-state index contributed by atoms with van der Waals surface area (Å²) < 4.78 is 23.4. The van der Waals surface area contributed by atoms with E-state index in [4.69, 9.17) is 11.6 Å². The van der Waals surface area contributed by atoms with Crippen LogP contribution >= 0.6 is 11.6 Å². The second-order valence-corrected chi connectivity index (χ2v) is 6.12. The monoisotopic (exact) mass is 254 g/mol. The van der Waals surface area contributed by atoms with Gasteiger partial charge in [0.1, 0.15) is 0 Å². The van der Waals surface area contributed by atoms with E-state index in [0.29, 0.717) is 9.21 Å². The minimum atomic E-state index is -3.69. The molecule has 3 amide bonds. The third-order valence-corrected chi connectivity index (χ3v) is 3.56. The van der Waals surface area contributed by atoms with Gasteiger partial charge >= 0.3 is 11.4 Å². The molecule has 1 fully saturated rings. The van der Waals surface area contributed by atoms with Gasteiger partial charge in [-0.25, -0.2) is 22.4 Å². The van der Waals surface area contributed by atoms with Crippen LogP contribution in [0.2, 0.25) is 0 Å². The molecule has 86 valence electrons. The third kappa shape index (κ3) is 2.07. The fourth-order valence-corrected chi connectivity index (χ4v) is 3.09. The predicted octanol–water partition coefficient (Wildman–Crippen LogP) is 0.821. The molecule has 0 atom stereocenters. The Morgan fingerprint density at radius 1 is 1.47 bits per heavy atom. The standard InChI is InChI=1S/C7H11ClN2O4S/c1-7(2)4-9(5(8)11)6(12)10(7)15(3,13)14/h4H2,1-3H3. The minimum Gasteiger partial charge on any atom is -0.255 e. The smallest absolute Gasteiger partial charge is 0.255 e. The molecule has 0 aromatic heterocycles. The number of sulfonamides is 1. The van der Waals surface area contributed by atoms with Crippen molar-refractivity contribution in [2.24, 2.45) is 0 Å². The average molecular weight is 255 g/mol. The van der Waals surface area contributed by atoms with Gasteiger partial charge in [-0.15, -0.1) is 0 Å². The van der Waals surface area contributed by atoms with Gasteiger partial charge < -0.3 is 0 Å². The van der Waals surface area contributed by atoms with Crippen molar-refractivity contribution in [3.05, 3.63) is 0 Å². The molecule has 0 spiro atoms. The maximum atomic E-state index is 11.6. The lowest BCUT2D eigenvalue weighted by Gasteiger charge is -2.26. The summed E-state index contributed by atoms with van der Waals surface area (Å²) in [5.74, 6) is 0. The lowest BCUT2D eigenvalue weighted by Crippen LogP contribution is -2.45. The van der Waals surface area contributed by atoms with Crippen molar-refractivity contribution in [2.75, 3.05) is 12.8 Å². The summed E-state index contributed by atoms with van der Waals surface area (Å²) in [5, 5.41) is -0.973. The Labute approximate surface area is 92.8 Å². The van der Waals surface area contributed by atoms with E-state index in [1.54, 1.807) is 13.8 Å². The third-order valence-electron chi connectivity index (χ3n) is 2.04. The molecular weight excluding hydrogens is 244 g/mol. The summed E-state index contributed by atoms with van der Waals surface area (Å²) in [5.41, 5.74) is -0.963. The van der Waals surface area contributed by atoms with Crippen LogP contribution in [0.4, 0.5) is 9.59 Å². The summed E-state index contributed by atoms with van der Waals surface area (Å²) in [4.78, 5) is 23.1. The molecule has 0 N–H and O–H groups in total. The zero-order valence-electron chi connectivity index (χ0n) is 8.52. The zero-order chi connectivity index (χ0) is 12.0. The van der Waals surface area contributed by atoms with Crippen LogP contribution in [0.15, 0.2) is 0 Å². The van der Waals surface area contributed by atoms with E-state index in [-0.39, 0.29) is 6.54 Å². The van der Waals surface area contributed by atoms with Gasteiger partial charge in [-0.05, 0) is 25.4 Å². The van der Waals surface area contributed by atoms with Crippen molar-refractivity contribution >= 4 is 33.0 Å². The fourth-order valence-electron chi connectivity index (χ4n) is 1.62. The van der Waals surface area contributed by atoms with E-state index in [9.17, 15) is 18.0 Å². The molecule has 0 aromatic carbocycles. The summed E-state index contributed by atoms with van der Waals surface area (Å²) in [6.07, 6.45) is 0.912. The molecule has 15 heavy (non-hydrogen) atoms. The Morgan fingerprint density at radius 3 is 2.13 bits per heavy atom. The maximum Gasteiger partial charge on any atom is 0.341 e. The van der Waals surface area contributed by atoms with Crippen LogP contribution in [0, 0.1) is 0 Å². The molecule has 6 nitrogen and oxygen atoms in total. The quantitative estimate of drug-likeness (QED) is 0.513. The Hall–Kier alpha value is -0.820. The van der Waals surface area contributed by atoms with Gasteiger partial charge in [0, 0.05) is 0 Å². The highest BCUT2D eigenvalue weighted by atomic mass is 35.5. The summed E-state index contributed by atoms with van der Waals surface area (Å²) in [7, 11) is -3.69. The molecule has 1 rings (SSSR count). The molecule has 0 saturated carbocycles. The molecule has 0 unspecified atom stereocenters. The first-order valence-corrected chi connectivity index (χ1v) is 6.31. The van der Waals surface area contributed by atoms with Crippen molar-refractivity contribution in [2.45, 2.75) is 19.4 Å². The predicted molar refractivity (Wildman–Crippen MR) is 54.1 cm³/mol. The van der Waals surface area contributed by atoms with Crippen molar-refractivity contribution < 1.29 is 18.0 Å². The number of hydrogen-bond acceptors (Lipinski definition) is 4. The van der Waals surface area contributed by atoms with Crippen LogP contribution in [0.5, 0.6) is 0 Å². The first-order valence-electron chi connectivity index (χ1n) is 4.09. The van der Waals surface area contributed by atoms with Crippen LogP contribution in [-0.4, -0.2) is 47.4 Å². The van der Waals surface area contributed by atoms with Crippen molar-refractivity contribution in [3.63, 3.8) is 0 Å². The molecule has 8 heteroatoms. The van der Waals surface area contributed by atoms with Gasteiger partial charge in [0.25, 0.3) is 0 Å². The Balaban J connectivity index is 3.20. The van der Waals surface area contributed by atoms with Gasteiger partial charge in [-0.2, -0.15) is 0 Å². The molecule has 0 bridgehead atoms. The van der Waals surface area contributed by atoms with Crippen LogP contribution in [0.1, 0.15) is 13.8 Å². The van der Waals surface area contributed by atoms with Gasteiger partial charge in [-0.1, -0.05) is 0 Å². The molecular formula is C7H11ClN2O4S. The van der Waals surface area contributed by atoms with E-state index in [1.165, 1.54) is 0 Å². The summed E-state index contributed by atoms with van der Waals surface area (Å²) in [6.45, 7) is 3.05. The second-order valence-electron chi connectivity index (χ2n) is 3.96. The second kappa shape index (κ2) is 3.34. The fraction of sp³-hybridized carbons (Fsp3) is 0.714. The van der Waals surface area contributed by atoms with Crippen LogP contribution in [0.25, 0.3) is 0 Å². The van der Waals surface area contributed by atoms with Gasteiger partial charge in [0.15, 0.2) is 0 Å². The number of carbonyl (C=O) groups is 2. The van der Waals surface area contributed by atoms with E-state index >= 15 is 0 Å². The molecule has 1 aliphatic heterocycles. The number of rotatable bonds is 1. The number of halogens is 1. The van der Waals surface area contributed by atoms with Crippen molar-refractivity contribution in [3.8, 4) is 0 Å². The zero-order valence-corrected chi connectivity index (χ0v) is 10.1. The average Bonchev–Trinajstić information content (AvgIpc) is 2.19. The molecule has 0 radical (unpaired) electrons. The lowest BCUT2D eigenvalue weighted by molar-refractivity contribution is 0.204. The van der Waals surface area contributed by atoms with E-state index in [2.05, 4.69) is 0 Å². The maximum absolute atomic E-state index is 11.6. The minimum absolute atomic E-state index is 0.0404. The molecule has 0 aliphatic carbocycles. The molecule has 1 aliphatic rings. The SMILES string of the molecule is CC1(C)CN(C(=O)Cl)C(=O)N1S(C)(=O)=O. The lowest BCUT2D eigenvalue weighted by atomic mass is 10.1. The Kier molecular flexibility index (Phi) is 2.73. The van der Waals surface area contributed by atoms with Gasteiger partial charge in [0.05, 0.1) is 18.3 Å². The van der Waals surface area contributed by atoms with E-state index in [1.807, 2.05) is 0 Å². The number of imide groups is 1. The highest BCUT2D eigenvalue weighted by Gasteiger charge is 2.50.